The minimum absolute atomic E-state index is 0.169. The van der Waals surface area contributed by atoms with Crippen LogP contribution in [0.5, 0.6) is 0 Å². The van der Waals surface area contributed by atoms with Crippen LogP contribution in [0.1, 0.15) is 22.9 Å². The minimum Gasteiger partial charge on any atom is -0.481 e. The van der Waals surface area contributed by atoms with Crippen LogP contribution >= 0.6 is 22.9 Å². The van der Waals surface area contributed by atoms with Gasteiger partial charge in [-0.3, -0.25) is 9.59 Å². The Labute approximate surface area is 131 Å². The highest BCUT2D eigenvalue weighted by Crippen LogP contribution is 2.20. The number of hydrogen-bond donors (Lipinski definition) is 2. The minimum atomic E-state index is -0.966. The van der Waals surface area contributed by atoms with Crippen molar-refractivity contribution < 1.29 is 14.7 Å². The van der Waals surface area contributed by atoms with Crippen LogP contribution in [-0.4, -0.2) is 17.0 Å². The van der Waals surface area contributed by atoms with E-state index < -0.39 is 12.0 Å². The first-order valence-corrected chi connectivity index (χ1v) is 7.59. The Morgan fingerprint density at radius 2 is 1.95 bits per heavy atom. The number of thiophene rings is 1. The number of amides is 1. The first kappa shape index (κ1) is 15.5. The normalized spacial score (nSPS) is 11.9. The number of carboxylic acids is 1. The second-order valence-corrected chi connectivity index (χ2v) is 5.99. The van der Waals surface area contributed by atoms with Crippen LogP contribution in [0.15, 0.2) is 41.8 Å². The molecule has 0 bridgehead atoms. The molecule has 21 heavy (non-hydrogen) atoms. The van der Waals surface area contributed by atoms with E-state index in [0.29, 0.717) is 5.02 Å². The Bertz CT molecular complexity index is 610. The molecule has 0 unspecified atom stereocenters. The Kier molecular flexibility index (Phi) is 5.36. The topological polar surface area (TPSA) is 66.4 Å². The summed E-state index contributed by atoms with van der Waals surface area (Å²) in [7, 11) is 0. The second-order valence-electron chi connectivity index (χ2n) is 4.53. The number of aliphatic carboxylic acids is 1. The molecule has 4 nitrogen and oxygen atoms in total. The third kappa shape index (κ3) is 4.88. The smallest absolute Gasteiger partial charge is 0.305 e. The molecule has 1 heterocycles. The molecular formula is C15H14ClNO3S. The average Bonchev–Trinajstić information content (AvgIpc) is 2.91. The van der Waals surface area contributed by atoms with Gasteiger partial charge in [-0.25, -0.2) is 0 Å². The quantitative estimate of drug-likeness (QED) is 0.857. The molecule has 1 atom stereocenters. The van der Waals surface area contributed by atoms with E-state index in [0.717, 1.165) is 10.4 Å². The van der Waals surface area contributed by atoms with E-state index >= 15 is 0 Å². The van der Waals surface area contributed by atoms with E-state index in [-0.39, 0.29) is 18.7 Å². The second kappa shape index (κ2) is 7.24. The Hall–Kier alpha value is -1.85. The fourth-order valence-corrected chi connectivity index (χ4v) is 2.77. The van der Waals surface area contributed by atoms with Gasteiger partial charge >= 0.3 is 5.97 Å². The zero-order valence-corrected chi connectivity index (χ0v) is 12.7. The lowest BCUT2D eigenvalue weighted by molar-refractivity contribution is -0.137. The summed E-state index contributed by atoms with van der Waals surface area (Å²) in [6.07, 6.45) is 0.0825. The molecular weight excluding hydrogens is 310 g/mol. The molecule has 6 heteroatoms. The zero-order chi connectivity index (χ0) is 15.2. The van der Waals surface area contributed by atoms with E-state index in [2.05, 4.69) is 5.32 Å². The summed E-state index contributed by atoms with van der Waals surface area (Å²) in [6, 6.07) is 9.99. The van der Waals surface area contributed by atoms with E-state index in [1.165, 1.54) is 11.3 Å². The van der Waals surface area contributed by atoms with E-state index in [1.807, 2.05) is 17.5 Å². The van der Waals surface area contributed by atoms with Crippen molar-refractivity contribution in [2.45, 2.75) is 18.9 Å². The third-order valence-corrected chi connectivity index (χ3v) is 4.03. The molecule has 0 aliphatic heterocycles. The monoisotopic (exact) mass is 323 g/mol. The van der Waals surface area contributed by atoms with Gasteiger partial charge in [0.25, 0.3) is 0 Å². The molecule has 2 rings (SSSR count). The molecule has 2 aromatic rings. The van der Waals surface area contributed by atoms with Gasteiger partial charge in [0.2, 0.25) is 5.91 Å². The number of carboxylic acid groups (broad SMARTS) is 1. The molecule has 0 aliphatic rings. The van der Waals surface area contributed by atoms with Crippen molar-refractivity contribution in [3.8, 4) is 0 Å². The number of nitrogens with one attached hydrogen (secondary N) is 1. The van der Waals surface area contributed by atoms with Crippen LogP contribution in [0.4, 0.5) is 0 Å². The number of carbonyl (C=O) groups is 2. The predicted molar refractivity (Wildman–Crippen MR) is 82.6 cm³/mol. The van der Waals surface area contributed by atoms with Crippen molar-refractivity contribution in [1.82, 2.24) is 5.32 Å². The highest BCUT2D eigenvalue weighted by Gasteiger charge is 2.18. The van der Waals surface area contributed by atoms with Gasteiger partial charge in [-0.2, -0.15) is 0 Å². The van der Waals surface area contributed by atoms with Crippen LogP contribution in [-0.2, 0) is 16.0 Å². The Morgan fingerprint density at radius 3 is 2.52 bits per heavy atom. The van der Waals surface area contributed by atoms with Gasteiger partial charge in [0, 0.05) is 9.90 Å². The molecule has 1 aromatic heterocycles. The standard InChI is InChI=1S/C15H14ClNO3S/c16-11-5-3-10(4-6-11)13(9-15(19)20)17-14(18)8-12-2-1-7-21-12/h1-7,13H,8-9H2,(H,17,18)(H,19,20)/t13-/m1/s1. The molecule has 0 spiro atoms. The van der Waals surface area contributed by atoms with Crippen LogP contribution in [0, 0.1) is 0 Å². The molecule has 0 saturated heterocycles. The maximum Gasteiger partial charge on any atom is 0.305 e. The average molecular weight is 324 g/mol. The lowest BCUT2D eigenvalue weighted by atomic mass is 10.0. The summed E-state index contributed by atoms with van der Waals surface area (Å²) in [5.41, 5.74) is 0.723. The van der Waals surface area contributed by atoms with E-state index in [9.17, 15) is 9.59 Å². The van der Waals surface area contributed by atoms with Crippen molar-refractivity contribution in [1.29, 1.82) is 0 Å². The summed E-state index contributed by atoms with van der Waals surface area (Å²) >= 11 is 7.32. The van der Waals surface area contributed by atoms with Gasteiger partial charge in [-0.05, 0) is 29.1 Å². The Balaban J connectivity index is 2.07. The zero-order valence-electron chi connectivity index (χ0n) is 11.1. The van der Waals surface area contributed by atoms with Crippen molar-refractivity contribution in [2.75, 3.05) is 0 Å². The van der Waals surface area contributed by atoms with Crippen LogP contribution in [0.25, 0.3) is 0 Å². The lowest BCUT2D eigenvalue weighted by Gasteiger charge is -2.17. The fourth-order valence-electron chi connectivity index (χ4n) is 1.94. The molecule has 0 fully saturated rings. The maximum atomic E-state index is 12.0. The fraction of sp³-hybridized carbons (Fsp3) is 0.200. The summed E-state index contributed by atoms with van der Waals surface area (Å²) in [6.45, 7) is 0. The number of benzene rings is 1. The molecule has 1 amide bonds. The molecule has 0 aliphatic carbocycles. The van der Waals surface area contributed by atoms with Gasteiger partial charge in [0.1, 0.15) is 0 Å². The number of hydrogen-bond acceptors (Lipinski definition) is 3. The summed E-state index contributed by atoms with van der Waals surface area (Å²) < 4.78 is 0. The van der Waals surface area contributed by atoms with Crippen LogP contribution < -0.4 is 5.32 Å². The number of carbonyl (C=O) groups excluding carboxylic acids is 1. The summed E-state index contributed by atoms with van der Waals surface area (Å²) in [5.74, 6) is -1.16. The van der Waals surface area contributed by atoms with Gasteiger partial charge in [0.15, 0.2) is 0 Å². The van der Waals surface area contributed by atoms with Crippen molar-refractivity contribution >= 4 is 34.8 Å². The van der Waals surface area contributed by atoms with E-state index in [4.69, 9.17) is 16.7 Å². The summed E-state index contributed by atoms with van der Waals surface area (Å²) in [5, 5.41) is 14.2. The lowest BCUT2D eigenvalue weighted by Crippen LogP contribution is -2.31. The van der Waals surface area contributed by atoms with Crippen LogP contribution in [0.3, 0.4) is 0 Å². The predicted octanol–water partition coefficient (Wildman–Crippen LogP) is 3.28. The first-order valence-electron chi connectivity index (χ1n) is 6.33. The highest BCUT2D eigenvalue weighted by atomic mass is 35.5. The molecule has 1 aromatic carbocycles. The summed E-state index contributed by atoms with van der Waals surface area (Å²) in [4.78, 5) is 23.9. The number of halogens is 1. The third-order valence-electron chi connectivity index (χ3n) is 2.90. The van der Waals surface area contributed by atoms with Crippen LogP contribution in [0.2, 0.25) is 5.02 Å². The molecule has 0 radical (unpaired) electrons. The Morgan fingerprint density at radius 1 is 1.24 bits per heavy atom. The molecule has 2 N–H and O–H groups in total. The molecule has 0 saturated carbocycles. The van der Waals surface area contributed by atoms with Gasteiger partial charge in [-0.1, -0.05) is 29.8 Å². The van der Waals surface area contributed by atoms with E-state index in [1.54, 1.807) is 24.3 Å². The van der Waals surface area contributed by atoms with Gasteiger partial charge < -0.3 is 10.4 Å². The van der Waals surface area contributed by atoms with Crippen molar-refractivity contribution in [3.63, 3.8) is 0 Å². The van der Waals surface area contributed by atoms with Gasteiger partial charge in [0.05, 0.1) is 18.9 Å². The maximum absolute atomic E-state index is 12.0. The van der Waals surface area contributed by atoms with Crippen molar-refractivity contribution in [2.24, 2.45) is 0 Å². The molecule has 110 valence electrons. The number of rotatable bonds is 6. The SMILES string of the molecule is O=C(O)C[C@@H](NC(=O)Cc1cccs1)c1ccc(Cl)cc1. The largest absolute Gasteiger partial charge is 0.481 e. The van der Waals surface area contributed by atoms with Gasteiger partial charge in [-0.15, -0.1) is 11.3 Å². The van der Waals surface area contributed by atoms with Crippen molar-refractivity contribution in [3.05, 3.63) is 57.2 Å². The highest BCUT2D eigenvalue weighted by molar-refractivity contribution is 7.10. The first-order chi connectivity index (χ1) is 10.0.